The van der Waals surface area contributed by atoms with Gasteiger partial charge in [0.25, 0.3) is 0 Å². The van der Waals surface area contributed by atoms with Crippen molar-refractivity contribution < 1.29 is 9.59 Å². The molecule has 0 spiro atoms. The summed E-state index contributed by atoms with van der Waals surface area (Å²) in [6.45, 7) is 1.77. The molecular formula is C32H30N4O2. The zero-order valence-electron chi connectivity index (χ0n) is 21.2. The van der Waals surface area contributed by atoms with Gasteiger partial charge in [0.1, 0.15) is 0 Å². The lowest BCUT2D eigenvalue weighted by Crippen LogP contribution is -2.47. The molecule has 1 atom stereocenters. The fraction of sp³-hybridized carbons (Fsp3) is 0.250. The van der Waals surface area contributed by atoms with Crippen molar-refractivity contribution in [2.24, 2.45) is 5.92 Å². The molecule has 0 bridgehead atoms. The van der Waals surface area contributed by atoms with E-state index in [0.717, 1.165) is 29.6 Å². The van der Waals surface area contributed by atoms with E-state index in [9.17, 15) is 9.59 Å². The van der Waals surface area contributed by atoms with Crippen LogP contribution in [0, 0.1) is 5.92 Å². The molecule has 4 heterocycles. The third kappa shape index (κ3) is 3.55. The average Bonchev–Trinajstić information content (AvgIpc) is 3.70. The number of likely N-dealkylation sites (tertiary alicyclic amines) is 1. The minimum atomic E-state index is -0.295. The number of benzene rings is 3. The highest BCUT2D eigenvalue weighted by atomic mass is 16.2. The minimum Gasteiger partial charge on any atom is -0.361 e. The Bertz CT molecular complexity index is 1570. The number of para-hydroxylation sites is 3. The Labute approximate surface area is 221 Å². The number of aromatic nitrogens is 2. The van der Waals surface area contributed by atoms with E-state index in [4.69, 9.17) is 0 Å². The summed E-state index contributed by atoms with van der Waals surface area (Å²) >= 11 is 0. The Morgan fingerprint density at radius 1 is 0.763 bits per heavy atom. The molecule has 3 aromatic carbocycles. The second-order valence-electron chi connectivity index (χ2n) is 10.6. The van der Waals surface area contributed by atoms with Gasteiger partial charge in [-0.15, -0.1) is 0 Å². The Hall–Kier alpha value is -4.32. The molecule has 0 radical (unpaired) electrons. The molecule has 2 N–H and O–H groups in total. The Morgan fingerprint density at radius 2 is 1.32 bits per heavy atom. The molecule has 7 rings (SSSR count). The van der Waals surface area contributed by atoms with Gasteiger partial charge in [0, 0.05) is 71.4 Å². The van der Waals surface area contributed by atoms with Crippen LogP contribution in [0.15, 0.2) is 91.3 Å². The summed E-state index contributed by atoms with van der Waals surface area (Å²) < 4.78 is 0. The van der Waals surface area contributed by atoms with E-state index in [1.165, 1.54) is 21.9 Å². The molecular weight excluding hydrogens is 472 g/mol. The van der Waals surface area contributed by atoms with Crippen LogP contribution in [-0.4, -0.2) is 46.3 Å². The van der Waals surface area contributed by atoms with E-state index in [0.29, 0.717) is 19.6 Å². The topological polar surface area (TPSA) is 72.2 Å². The number of nitrogens with one attached hydrogen (secondary N) is 2. The first-order valence-corrected chi connectivity index (χ1v) is 13.4. The van der Waals surface area contributed by atoms with E-state index >= 15 is 0 Å². The van der Waals surface area contributed by atoms with Gasteiger partial charge in [-0.05, 0) is 48.2 Å². The number of fused-ring (bicyclic) bond motifs is 2. The zero-order valence-corrected chi connectivity index (χ0v) is 21.2. The van der Waals surface area contributed by atoms with Gasteiger partial charge in [-0.25, -0.2) is 0 Å². The van der Waals surface area contributed by atoms with Crippen LogP contribution in [0.2, 0.25) is 0 Å². The third-order valence-corrected chi connectivity index (χ3v) is 8.68. The number of anilines is 1. The van der Waals surface area contributed by atoms with Gasteiger partial charge in [0.05, 0.1) is 5.92 Å². The van der Waals surface area contributed by atoms with Crippen LogP contribution in [0.3, 0.4) is 0 Å². The first kappa shape index (κ1) is 22.8. The highest BCUT2D eigenvalue weighted by Crippen LogP contribution is 2.47. The van der Waals surface area contributed by atoms with E-state index in [1.54, 1.807) is 4.90 Å². The van der Waals surface area contributed by atoms with Gasteiger partial charge in [0.15, 0.2) is 0 Å². The van der Waals surface area contributed by atoms with E-state index in [1.807, 2.05) is 35.2 Å². The van der Waals surface area contributed by atoms with Gasteiger partial charge < -0.3 is 19.8 Å². The lowest BCUT2D eigenvalue weighted by atomic mass is 9.67. The maximum absolute atomic E-state index is 13.7. The Kier molecular flexibility index (Phi) is 5.36. The van der Waals surface area contributed by atoms with Crippen LogP contribution < -0.4 is 4.90 Å². The molecule has 2 saturated heterocycles. The van der Waals surface area contributed by atoms with Crippen LogP contribution in [-0.2, 0) is 15.0 Å². The molecule has 6 heteroatoms. The van der Waals surface area contributed by atoms with Crippen molar-refractivity contribution in [3.63, 3.8) is 0 Å². The third-order valence-electron chi connectivity index (χ3n) is 8.68. The van der Waals surface area contributed by atoms with Gasteiger partial charge in [-0.2, -0.15) is 0 Å². The summed E-state index contributed by atoms with van der Waals surface area (Å²) in [5.41, 5.74) is 5.48. The predicted molar refractivity (Wildman–Crippen MR) is 150 cm³/mol. The molecule has 0 saturated carbocycles. The Balaban J connectivity index is 1.19. The molecule has 38 heavy (non-hydrogen) atoms. The smallest absolute Gasteiger partial charge is 0.228 e. The predicted octanol–water partition coefficient (Wildman–Crippen LogP) is 5.61. The van der Waals surface area contributed by atoms with E-state index < -0.39 is 0 Å². The van der Waals surface area contributed by atoms with Crippen molar-refractivity contribution >= 4 is 39.3 Å². The van der Waals surface area contributed by atoms with Gasteiger partial charge in [-0.1, -0.05) is 54.6 Å². The number of amides is 2. The molecule has 0 aliphatic carbocycles. The van der Waals surface area contributed by atoms with Crippen LogP contribution in [0.25, 0.3) is 21.8 Å². The van der Waals surface area contributed by atoms with E-state index in [2.05, 4.69) is 70.9 Å². The summed E-state index contributed by atoms with van der Waals surface area (Å²) in [6, 6.07) is 26.6. The monoisotopic (exact) mass is 502 g/mol. The standard InChI is InChI=1S/C32H30N4O2/c37-30-18-22(21-36(30)23-8-2-1-3-9-23)31(38)35-16-14-32(15-17-35,26-19-33-28-12-6-4-10-24(26)28)27-20-34-29-13-7-5-11-25(27)29/h1-13,19-20,22,33-34H,14-18,21H2/t22-/m1/s1. The number of aromatic amines is 2. The van der Waals surface area contributed by atoms with Crippen LogP contribution >= 0.6 is 0 Å². The summed E-state index contributed by atoms with van der Waals surface area (Å²) in [4.78, 5) is 37.2. The van der Waals surface area contributed by atoms with Crippen molar-refractivity contribution in [2.75, 3.05) is 24.5 Å². The SMILES string of the molecule is O=C([C@@H]1CC(=O)N(c2ccccc2)C1)N1CCC(c2c[nH]c3ccccc23)(c2c[nH]c3ccccc23)CC1. The maximum Gasteiger partial charge on any atom is 0.228 e. The van der Waals surface area contributed by atoms with Crippen molar-refractivity contribution in [3.8, 4) is 0 Å². The molecule has 190 valence electrons. The molecule has 0 unspecified atom stereocenters. The molecule has 2 aromatic heterocycles. The second-order valence-corrected chi connectivity index (χ2v) is 10.6. The van der Waals surface area contributed by atoms with E-state index in [-0.39, 0.29) is 29.6 Å². The number of rotatable bonds is 4. The van der Waals surface area contributed by atoms with Gasteiger partial charge >= 0.3 is 0 Å². The minimum absolute atomic E-state index is 0.0264. The van der Waals surface area contributed by atoms with Gasteiger partial charge in [0.2, 0.25) is 11.8 Å². The normalized spacial score (nSPS) is 19.5. The zero-order chi connectivity index (χ0) is 25.7. The van der Waals surface area contributed by atoms with Crippen molar-refractivity contribution in [3.05, 3.63) is 102 Å². The number of nitrogens with zero attached hydrogens (tertiary/aromatic N) is 2. The van der Waals surface area contributed by atoms with Crippen LogP contribution in [0.1, 0.15) is 30.4 Å². The number of hydrogen-bond acceptors (Lipinski definition) is 2. The largest absolute Gasteiger partial charge is 0.361 e. The lowest BCUT2D eigenvalue weighted by Gasteiger charge is -2.43. The molecule has 6 nitrogen and oxygen atoms in total. The maximum atomic E-state index is 13.7. The number of H-pyrrole nitrogens is 2. The highest BCUT2D eigenvalue weighted by Gasteiger charge is 2.44. The fourth-order valence-corrected chi connectivity index (χ4v) is 6.72. The molecule has 2 amide bonds. The molecule has 5 aromatic rings. The number of carbonyl (C=O) groups excluding carboxylic acids is 2. The highest BCUT2D eigenvalue weighted by molar-refractivity contribution is 6.00. The summed E-state index contributed by atoms with van der Waals surface area (Å²) in [6.07, 6.45) is 6.26. The summed E-state index contributed by atoms with van der Waals surface area (Å²) in [5.74, 6) is -0.168. The average molecular weight is 503 g/mol. The van der Waals surface area contributed by atoms with Crippen LogP contribution in [0.4, 0.5) is 5.69 Å². The van der Waals surface area contributed by atoms with Crippen molar-refractivity contribution in [1.82, 2.24) is 14.9 Å². The molecule has 2 aliphatic rings. The lowest BCUT2D eigenvalue weighted by molar-refractivity contribution is -0.137. The quantitative estimate of drug-likeness (QED) is 0.335. The van der Waals surface area contributed by atoms with Gasteiger partial charge in [-0.3, -0.25) is 9.59 Å². The number of piperidine rings is 1. The van der Waals surface area contributed by atoms with Crippen molar-refractivity contribution in [2.45, 2.75) is 24.7 Å². The molecule has 2 aliphatic heterocycles. The first-order chi connectivity index (χ1) is 18.6. The number of hydrogen-bond donors (Lipinski definition) is 2. The van der Waals surface area contributed by atoms with Crippen LogP contribution in [0.5, 0.6) is 0 Å². The summed E-state index contributed by atoms with van der Waals surface area (Å²) in [5, 5.41) is 2.47. The van der Waals surface area contributed by atoms with Crippen molar-refractivity contribution in [1.29, 1.82) is 0 Å². The summed E-state index contributed by atoms with van der Waals surface area (Å²) in [7, 11) is 0. The molecule has 2 fully saturated rings. The Morgan fingerprint density at radius 3 is 1.92 bits per heavy atom. The second kappa shape index (κ2) is 8.91. The fourth-order valence-electron chi connectivity index (χ4n) is 6.72. The first-order valence-electron chi connectivity index (χ1n) is 13.4. The number of carbonyl (C=O) groups is 2.